The maximum atomic E-state index is 4.15. The van der Waals surface area contributed by atoms with Crippen molar-refractivity contribution in [2.24, 2.45) is 0 Å². The van der Waals surface area contributed by atoms with Gasteiger partial charge in [-0.2, -0.15) is 0 Å². The Balaban J connectivity index is 1.75. The Kier molecular flexibility index (Phi) is 3.91. The fourth-order valence-electron chi connectivity index (χ4n) is 1.81. The largest absolute Gasteiger partial charge is 0.369 e. The molecule has 4 nitrogen and oxygen atoms in total. The van der Waals surface area contributed by atoms with Gasteiger partial charge in [0.1, 0.15) is 12.1 Å². The molecule has 0 radical (unpaired) electrons. The second kappa shape index (κ2) is 5.42. The molecule has 0 aromatic carbocycles. The third-order valence-corrected chi connectivity index (χ3v) is 3.20. The number of aromatic nitrogens is 2. The molecule has 1 aliphatic rings. The first kappa shape index (κ1) is 10.8. The molecule has 2 rings (SSSR count). The topological polar surface area (TPSA) is 49.8 Å². The molecule has 5 heteroatoms. The number of anilines is 1. The molecule has 0 saturated carbocycles. The van der Waals surface area contributed by atoms with E-state index in [-0.39, 0.29) is 0 Å². The van der Waals surface area contributed by atoms with E-state index in [9.17, 15) is 0 Å². The van der Waals surface area contributed by atoms with Gasteiger partial charge in [-0.15, -0.1) is 0 Å². The van der Waals surface area contributed by atoms with Crippen LogP contribution in [0.2, 0.25) is 0 Å². The average Bonchev–Trinajstić information content (AvgIpc) is 2.74. The van der Waals surface area contributed by atoms with Crippen LogP contribution in [0, 0.1) is 0 Å². The summed E-state index contributed by atoms with van der Waals surface area (Å²) < 4.78 is 0.921. The summed E-state index contributed by atoms with van der Waals surface area (Å²) in [7, 11) is 0. The van der Waals surface area contributed by atoms with Gasteiger partial charge in [-0.05, 0) is 41.7 Å². The van der Waals surface area contributed by atoms with Gasteiger partial charge in [-0.3, -0.25) is 0 Å². The Hall–Kier alpha value is -0.680. The first-order chi connectivity index (χ1) is 7.36. The highest BCUT2D eigenvalue weighted by atomic mass is 79.9. The molecule has 1 aromatic heterocycles. The molecule has 1 saturated heterocycles. The quantitative estimate of drug-likeness (QED) is 0.876. The molecule has 0 bridgehead atoms. The summed E-state index contributed by atoms with van der Waals surface area (Å²) in [5.41, 5.74) is 0. The maximum Gasteiger partial charge on any atom is 0.143 e. The van der Waals surface area contributed by atoms with E-state index in [1.165, 1.54) is 19.4 Å². The molecule has 0 aliphatic carbocycles. The maximum absolute atomic E-state index is 4.15. The number of nitrogens with one attached hydrogen (secondary N) is 2. The van der Waals surface area contributed by atoms with E-state index in [1.54, 1.807) is 12.5 Å². The van der Waals surface area contributed by atoms with Crippen LogP contribution >= 0.6 is 15.9 Å². The molecular formula is C10H15BrN4. The van der Waals surface area contributed by atoms with Gasteiger partial charge in [0.2, 0.25) is 0 Å². The van der Waals surface area contributed by atoms with E-state index in [0.29, 0.717) is 6.04 Å². The van der Waals surface area contributed by atoms with Gasteiger partial charge in [-0.25, -0.2) is 9.97 Å². The number of nitrogens with zero attached hydrogens (tertiary/aromatic N) is 2. The van der Waals surface area contributed by atoms with Crippen LogP contribution in [0.15, 0.2) is 17.0 Å². The number of rotatable bonds is 4. The van der Waals surface area contributed by atoms with Crippen LogP contribution in [-0.4, -0.2) is 29.1 Å². The van der Waals surface area contributed by atoms with Crippen LogP contribution < -0.4 is 10.6 Å². The van der Waals surface area contributed by atoms with Gasteiger partial charge >= 0.3 is 0 Å². The summed E-state index contributed by atoms with van der Waals surface area (Å²) in [6.07, 6.45) is 7.06. The van der Waals surface area contributed by atoms with Crippen LogP contribution in [-0.2, 0) is 0 Å². The van der Waals surface area contributed by atoms with Crippen molar-refractivity contribution in [1.82, 2.24) is 15.3 Å². The zero-order valence-electron chi connectivity index (χ0n) is 8.54. The van der Waals surface area contributed by atoms with Crippen LogP contribution in [0.5, 0.6) is 0 Å². The number of hydrogen-bond acceptors (Lipinski definition) is 4. The minimum atomic E-state index is 0.679. The Labute approximate surface area is 98.0 Å². The standard InChI is InChI=1S/C10H15BrN4/c11-9-6-12-7-15-10(9)14-5-3-8-2-1-4-13-8/h6-8,13H,1-5H2,(H,12,14,15)/t8-/m1/s1. The van der Waals surface area contributed by atoms with Gasteiger partial charge < -0.3 is 10.6 Å². The van der Waals surface area contributed by atoms with Crippen LogP contribution in [0.3, 0.4) is 0 Å². The monoisotopic (exact) mass is 270 g/mol. The minimum Gasteiger partial charge on any atom is -0.369 e. The van der Waals surface area contributed by atoms with Gasteiger partial charge in [-0.1, -0.05) is 0 Å². The molecule has 0 unspecified atom stereocenters. The second-order valence-corrected chi connectivity index (χ2v) is 4.58. The summed E-state index contributed by atoms with van der Waals surface area (Å²) in [5, 5.41) is 6.77. The van der Waals surface area contributed by atoms with E-state index < -0.39 is 0 Å². The normalized spacial score (nSPS) is 20.5. The van der Waals surface area contributed by atoms with Gasteiger partial charge in [0.05, 0.1) is 4.47 Å². The summed E-state index contributed by atoms with van der Waals surface area (Å²) >= 11 is 3.41. The van der Waals surface area contributed by atoms with E-state index >= 15 is 0 Å². The van der Waals surface area contributed by atoms with Crippen molar-refractivity contribution in [3.05, 3.63) is 17.0 Å². The van der Waals surface area contributed by atoms with Crippen LogP contribution in [0.1, 0.15) is 19.3 Å². The van der Waals surface area contributed by atoms with E-state index in [2.05, 4.69) is 36.5 Å². The zero-order chi connectivity index (χ0) is 10.5. The van der Waals surface area contributed by atoms with Crippen LogP contribution in [0.4, 0.5) is 5.82 Å². The van der Waals surface area contributed by atoms with Crippen molar-refractivity contribution in [3.63, 3.8) is 0 Å². The lowest BCUT2D eigenvalue weighted by Gasteiger charge is -2.11. The fourth-order valence-corrected chi connectivity index (χ4v) is 2.17. The molecule has 15 heavy (non-hydrogen) atoms. The van der Waals surface area contributed by atoms with E-state index in [1.807, 2.05) is 0 Å². The third-order valence-electron chi connectivity index (χ3n) is 2.62. The molecule has 2 N–H and O–H groups in total. The highest BCUT2D eigenvalue weighted by Gasteiger charge is 2.13. The lowest BCUT2D eigenvalue weighted by molar-refractivity contribution is 0.574. The van der Waals surface area contributed by atoms with E-state index in [0.717, 1.165) is 23.3 Å². The van der Waals surface area contributed by atoms with E-state index in [4.69, 9.17) is 0 Å². The molecule has 1 fully saturated rings. The zero-order valence-corrected chi connectivity index (χ0v) is 10.1. The molecule has 82 valence electrons. The van der Waals surface area contributed by atoms with Crippen molar-refractivity contribution in [2.75, 3.05) is 18.4 Å². The number of hydrogen-bond donors (Lipinski definition) is 2. The predicted octanol–water partition coefficient (Wildman–Crippen LogP) is 1.79. The Morgan fingerprint density at radius 1 is 1.60 bits per heavy atom. The summed E-state index contributed by atoms with van der Waals surface area (Å²) in [6, 6.07) is 0.679. The lowest BCUT2D eigenvalue weighted by atomic mass is 10.1. The average molecular weight is 271 g/mol. The summed E-state index contributed by atoms with van der Waals surface area (Å²) in [5.74, 6) is 0.878. The molecule has 0 amide bonds. The minimum absolute atomic E-state index is 0.679. The van der Waals surface area contributed by atoms with Crippen molar-refractivity contribution in [2.45, 2.75) is 25.3 Å². The lowest BCUT2D eigenvalue weighted by Crippen LogP contribution is -2.24. The van der Waals surface area contributed by atoms with Crippen molar-refractivity contribution in [3.8, 4) is 0 Å². The molecule has 0 spiro atoms. The smallest absolute Gasteiger partial charge is 0.143 e. The molecule has 1 atom stereocenters. The Morgan fingerprint density at radius 3 is 3.27 bits per heavy atom. The summed E-state index contributed by atoms with van der Waals surface area (Å²) in [6.45, 7) is 2.12. The highest BCUT2D eigenvalue weighted by molar-refractivity contribution is 9.10. The summed E-state index contributed by atoms with van der Waals surface area (Å²) in [4.78, 5) is 8.07. The molecule has 2 heterocycles. The first-order valence-corrected chi connectivity index (χ1v) is 6.08. The number of halogens is 1. The molecule has 1 aliphatic heterocycles. The van der Waals surface area contributed by atoms with Crippen LogP contribution in [0.25, 0.3) is 0 Å². The van der Waals surface area contributed by atoms with Crippen molar-refractivity contribution < 1.29 is 0 Å². The van der Waals surface area contributed by atoms with Gasteiger partial charge in [0, 0.05) is 18.8 Å². The third kappa shape index (κ3) is 3.14. The van der Waals surface area contributed by atoms with Gasteiger partial charge in [0.25, 0.3) is 0 Å². The first-order valence-electron chi connectivity index (χ1n) is 5.29. The Bertz CT molecular complexity index is 312. The SMILES string of the molecule is Brc1cncnc1NCC[C@H]1CCCN1. The second-order valence-electron chi connectivity index (χ2n) is 3.73. The fraction of sp³-hybridized carbons (Fsp3) is 0.600. The predicted molar refractivity (Wildman–Crippen MR) is 63.9 cm³/mol. The Morgan fingerprint density at radius 2 is 2.53 bits per heavy atom. The van der Waals surface area contributed by atoms with Gasteiger partial charge in [0.15, 0.2) is 0 Å². The van der Waals surface area contributed by atoms with Crippen molar-refractivity contribution >= 4 is 21.7 Å². The molecule has 1 aromatic rings. The van der Waals surface area contributed by atoms with Crippen molar-refractivity contribution in [1.29, 1.82) is 0 Å². The highest BCUT2D eigenvalue weighted by Crippen LogP contribution is 2.17. The molecular weight excluding hydrogens is 256 g/mol.